The van der Waals surface area contributed by atoms with Crippen molar-refractivity contribution in [3.8, 4) is 11.1 Å². The summed E-state index contributed by atoms with van der Waals surface area (Å²) < 4.78 is 3.81. The molecule has 2 nitrogen and oxygen atoms in total. The number of hydrogen-bond acceptors (Lipinski definition) is 2. The smallest absolute Gasteiger partial charge is 0.0637 e. The van der Waals surface area contributed by atoms with E-state index < -0.39 is 0 Å². The number of aryl methyl sites for hydroxylation is 2. The summed E-state index contributed by atoms with van der Waals surface area (Å²) in [5.41, 5.74) is 13.0. The van der Waals surface area contributed by atoms with Gasteiger partial charge in [-0.25, -0.2) is 0 Å². The van der Waals surface area contributed by atoms with Crippen LogP contribution in [0.2, 0.25) is 0 Å². The number of nitrogens with zero attached hydrogens (tertiary/aromatic N) is 2. The molecule has 0 aliphatic heterocycles. The molecule has 0 atom stereocenters. The molecular formula is C49H58N2S. The van der Waals surface area contributed by atoms with Crippen molar-refractivity contribution in [2.75, 3.05) is 4.90 Å². The molecule has 0 bridgehead atoms. The van der Waals surface area contributed by atoms with E-state index in [1.54, 1.807) is 0 Å². The quantitative estimate of drug-likeness (QED) is 0.167. The van der Waals surface area contributed by atoms with E-state index in [-0.39, 0.29) is 0 Å². The molecule has 2 heterocycles. The lowest BCUT2D eigenvalue weighted by molar-refractivity contribution is 0.879. The van der Waals surface area contributed by atoms with Gasteiger partial charge in [-0.2, -0.15) is 0 Å². The van der Waals surface area contributed by atoms with E-state index >= 15 is 0 Å². The van der Waals surface area contributed by atoms with Crippen LogP contribution in [0.1, 0.15) is 96.4 Å². The van der Waals surface area contributed by atoms with Crippen molar-refractivity contribution < 1.29 is 0 Å². The summed E-state index contributed by atoms with van der Waals surface area (Å²) in [5, 5.41) is 2.69. The molecule has 0 N–H and O–H groups in total. The lowest BCUT2D eigenvalue weighted by Gasteiger charge is -2.31. The molecule has 52 heavy (non-hydrogen) atoms. The summed E-state index contributed by atoms with van der Waals surface area (Å²) in [7, 11) is 0. The van der Waals surface area contributed by atoms with Crippen LogP contribution in [-0.2, 0) is 6.42 Å². The number of fused-ring (bicyclic) bond motifs is 4. The molecule has 0 radical (unpaired) electrons. The van der Waals surface area contributed by atoms with Crippen LogP contribution in [0.4, 0.5) is 11.4 Å². The summed E-state index contributed by atoms with van der Waals surface area (Å²) in [6.45, 7) is 22.3. The van der Waals surface area contributed by atoms with Gasteiger partial charge in [0.25, 0.3) is 0 Å². The van der Waals surface area contributed by atoms with Gasteiger partial charge in [0.05, 0.1) is 15.9 Å². The number of benzene rings is 4. The molecule has 6 aromatic rings. The molecule has 0 spiro atoms. The normalized spacial score (nSPS) is 12.6. The van der Waals surface area contributed by atoms with Crippen LogP contribution in [-0.4, -0.2) is 4.57 Å². The number of rotatable bonds is 6. The number of thiophene rings is 1. The third-order valence-corrected chi connectivity index (χ3v) is 10.5. The lowest BCUT2D eigenvalue weighted by atomic mass is 10.0. The second-order valence-electron chi connectivity index (χ2n) is 11.7. The van der Waals surface area contributed by atoms with Gasteiger partial charge in [-0.3, -0.25) is 0 Å². The number of hydrogen-bond donors (Lipinski definition) is 0. The molecule has 0 amide bonds. The Bertz CT molecular complexity index is 2150. The van der Waals surface area contributed by atoms with Crippen molar-refractivity contribution in [3.63, 3.8) is 0 Å². The highest BCUT2D eigenvalue weighted by atomic mass is 32.1. The summed E-state index contributed by atoms with van der Waals surface area (Å²) in [6, 6.07) is 35.3. The fourth-order valence-corrected chi connectivity index (χ4v) is 8.18. The minimum atomic E-state index is 0.946. The number of aromatic nitrogens is 1. The minimum Gasteiger partial charge on any atom is -0.313 e. The second kappa shape index (κ2) is 19.7. The van der Waals surface area contributed by atoms with E-state index in [0.717, 1.165) is 25.7 Å². The molecule has 0 saturated heterocycles. The van der Waals surface area contributed by atoms with E-state index in [0.29, 0.717) is 0 Å². The topological polar surface area (TPSA) is 8.17 Å². The molecular weight excluding hydrogens is 649 g/mol. The summed E-state index contributed by atoms with van der Waals surface area (Å²) in [5.74, 6) is 0. The van der Waals surface area contributed by atoms with E-state index in [9.17, 15) is 0 Å². The molecule has 0 fully saturated rings. The number of para-hydroxylation sites is 1. The molecule has 3 heteroatoms. The van der Waals surface area contributed by atoms with Gasteiger partial charge in [-0.05, 0) is 103 Å². The first-order chi connectivity index (χ1) is 25.7. The number of anilines is 2. The molecule has 0 unspecified atom stereocenters. The molecule has 2 aliphatic carbocycles. The lowest BCUT2D eigenvalue weighted by Crippen LogP contribution is -2.19. The highest BCUT2D eigenvalue weighted by molar-refractivity contribution is 7.20. The molecule has 2 aromatic heterocycles. The molecule has 270 valence electrons. The Hall–Kier alpha value is -4.86. The summed E-state index contributed by atoms with van der Waals surface area (Å²) >= 11 is 1.84. The average Bonchev–Trinajstić information content (AvgIpc) is 3.76. The standard InChI is InChI=1S/C41H34N2S.4C2H6/c1-3-40-28(2)34-19-12-22-39(41(34)44-40)42(33-16-11-15-30(27-33)29-13-5-4-6-14-29)31-23-25-32(26-24-31)43-37-20-9-7-17-35(37)36-18-8-10-21-38(36)43;4*1-2/h3-7,9-17,19-23,25,27H,1,8,18,24,26H2,2H3;4*1-2H3. The predicted octanol–water partition coefficient (Wildman–Crippen LogP) is 15.9. The largest absolute Gasteiger partial charge is 0.313 e. The van der Waals surface area contributed by atoms with Gasteiger partial charge in [0.1, 0.15) is 0 Å². The Morgan fingerprint density at radius 3 is 2.08 bits per heavy atom. The second-order valence-corrected chi connectivity index (χ2v) is 12.7. The fraction of sp³-hybridized carbons (Fsp3) is 0.265. The predicted molar refractivity (Wildman–Crippen MR) is 237 cm³/mol. The van der Waals surface area contributed by atoms with Crippen LogP contribution in [0.15, 0.2) is 128 Å². The summed E-state index contributed by atoms with van der Waals surface area (Å²) in [4.78, 5) is 3.73. The van der Waals surface area contributed by atoms with Gasteiger partial charge in [0.2, 0.25) is 0 Å². The van der Waals surface area contributed by atoms with E-state index in [2.05, 4.69) is 144 Å². The van der Waals surface area contributed by atoms with E-state index in [1.165, 1.54) is 76.6 Å². The van der Waals surface area contributed by atoms with Crippen LogP contribution in [0.25, 0.3) is 50.0 Å². The highest BCUT2D eigenvalue weighted by Crippen LogP contribution is 2.45. The maximum Gasteiger partial charge on any atom is 0.0637 e. The Labute approximate surface area is 318 Å². The Morgan fingerprint density at radius 2 is 1.37 bits per heavy atom. The minimum absolute atomic E-state index is 0.946. The van der Waals surface area contributed by atoms with Crippen molar-refractivity contribution in [1.82, 2.24) is 4.57 Å². The summed E-state index contributed by atoms with van der Waals surface area (Å²) in [6.07, 6.45) is 15.5. The Balaban J connectivity index is 0.000000710. The third kappa shape index (κ3) is 7.96. The average molecular weight is 707 g/mol. The third-order valence-electron chi connectivity index (χ3n) is 9.15. The highest BCUT2D eigenvalue weighted by Gasteiger charge is 2.24. The SMILES string of the molecule is C=Cc1sc2c(N(C3=CC=C(n4c5c(c6ccccc64)CCC=C5)CC3)c3cccc(-c4ccccc4)c3)cccc2c1C.CC.CC.CC.CC. The van der Waals surface area contributed by atoms with Crippen LogP contribution < -0.4 is 4.90 Å². The van der Waals surface area contributed by atoms with Crippen molar-refractivity contribution in [2.24, 2.45) is 0 Å². The maximum atomic E-state index is 4.11. The van der Waals surface area contributed by atoms with E-state index in [1.807, 2.05) is 72.8 Å². The zero-order valence-electron chi connectivity index (χ0n) is 33.0. The van der Waals surface area contributed by atoms with Crippen LogP contribution in [0.5, 0.6) is 0 Å². The van der Waals surface area contributed by atoms with Crippen molar-refractivity contribution in [3.05, 3.63) is 149 Å². The maximum absolute atomic E-state index is 4.11. The van der Waals surface area contributed by atoms with Crippen molar-refractivity contribution in [1.29, 1.82) is 0 Å². The molecule has 0 saturated carbocycles. The number of allylic oxidation sites excluding steroid dienone is 5. The molecule has 8 rings (SSSR count). The van der Waals surface area contributed by atoms with Gasteiger partial charge >= 0.3 is 0 Å². The Kier molecular flexibility index (Phi) is 15.1. The Morgan fingerprint density at radius 1 is 0.692 bits per heavy atom. The molecule has 2 aliphatic rings. The zero-order chi connectivity index (χ0) is 37.6. The monoisotopic (exact) mass is 706 g/mol. The van der Waals surface area contributed by atoms with Gasteiger partial charge in [-0.1, -0.05) is 147 Å². The first-order valence-electron chi connectivity index (χ1n) is 19.5. The van der Waals surface area contributed by atoms with Crippen LogP contribution in [0, 0.1) is 6.92 Å². The van der Waals surface area contributed by atoms with Crippen LogP contribution in [0.3, 0.4) is 0 Å². The van der Waals surface area contributed by atoms with E-state index in [4.69, 9.17) is 0 Å². The van der Waals surface area contributed by atoms with Crippen molar-refractivity contribution in [2.45, 2.75) is 88.0 Å². The first kappa shape index (κ1) is 39.9. The van der Waals surface area contributed by atoms with Crippen molar-refractivity contribution >= 4 is 61.5 Å². The van der Waals surface area contributed by atoms with Gasteiger partial charge in [-0.15, -0.1) is 11.3 Å². The van der Waals surface area contributed by atoms with Gasteiger partial charge in [0, 0.05) is 33.0 Å². The van der Waals surface area contributed by atoms with Gasteiger partial charge < -0.3 is 9.47 Å². The molecule has 4 aromatic carbocycles. The fourth-order valence-electron chi connectivity index (χ4n) is 7.02. The van der Waals surface area contributed by atoms with Crippen LogP contribution >= 0.6 is 11.3 Å². The first-order valence-corrected chi connectivity index (χ1v) is 20.3. The van der Waals surface area contributed by atoms with Gasteiger partial charge in [0.15, 0.2) is 0 Å². The zero-order valence-corrected chi connectivity index (χ0v) is 33.8.